The number of fused-ring (bicyclic) bond motifs is 5. The number of ether oxygens (including phenoxy) is 1. The third-order valence-electron chi connectivity index (χ3n) is 6.47. The number of aromatic nitrogens is 4. The molecule has 8 heteroatoms. The molecule has 0 spiro atoms. The summed E-state index contributed by atoms with van der Waals surface area (Å²) >= 11 is 3.37. The summed E-state index contributed by atoms with van der Waals surface area (Å²) in [5.74, 6) is 2.79. The lowest BCUT2D eigenvalue weighted by molar-refractivity contribution is 0.414. The number of hydrogen-bond acceptors (Lipinski definition) is 6. The van der Waals surface area contributed by atoms with Gasteiger partial charge in [-0.1, -0.05) is 49.0 Å². The zero-order valence-corrected chi connectivity index (χ0v) is 20.7. The molecular weight excluding hydrogens is 464 g/mol. The normalized spacial score (nSPS) is 15.6. The fourth-order valence-electron chi connectivity index (χ4n) is 4.67. The first-order valence-electron chi connectivity index (χ1n) is 11.4. The molecule has 172 valence electrons. The van der Waals surface area contributed by atoms with Crippen LogP contribution in [0.1, 0.15) is 29.3 Å². The van der Waals surface area contributed by atoms with E-state index in [0.717, 1.165) is 51.8 Å². The van der Waals surface area contributed by atoms with Crippen molar-refractivity contribution in [1.82, 2.24) is 19.2 Å². The van der Waals surface area contributed by atoms with Gasteiger partial charge in [0.2, 0.25) is 5.78 Å². The van der Waals surface area contributed by atoms with Crippen LogP contribution in [0.4, 0.5) is 0 Å². The summed E-state index contributed by atoms with van der Waals surface area (Å²) in [5.41, 5.74) is 3.20. The van der Waals surface area contributed by atoms with Crippen LogP contribution in [0.2, 0.25) is 0 Å². The molecule has 2 aromatic carbocycles. The summed E-state index contributed by atoms with van der Waals surface area (Å²) in [6.07, 6.45) is 3.09. The zero-order chi connectivity index (χ0) is 23.2. The Bertz CT molecular complexity index is 1550. The molecular formula is C26H24N4O2S2. The van der Waals surface area contributed by atoms with Gasteiger partial charge in [-0.2, -0.15) is 0 Å². The van der Waals surface area contributed by atoms with Crippen LogP contribution in [0.25, 0.3) is 21.7 Å². The second kappa shape index (κ2) is 8.60. The first-order valence-corrected chi connectivity index (χ1v) is 13.2. The first kappa shape index (κ1) is 21.4. The van der Waals surface area contributed by atoms with Crippen molar-refractivity contribution in [2.45, 2.75) is 37.1 Å². The van der Waals surface area contributed by atoms with Gasteiger partial charge in [-0.05, 0) is 60.6 Å². The van der Waals surface area contributed by atoms with E-state index in [2.05, 4.69) is 33.7 Å². The Morgan fingerprint density at radius 2 is 1.91 bits per heavy atom. The summed E-state index contributed by atoms with van der Waals surface area (Å²) in [7, 11) is 1.67. The molecule has 0 N–H and O–H groups in total. The highest BCUT2D eigenvalue weighted by Gasteiger charge is 2.27. The molecule has 3 aromatic heterocycles. The van der Waals surface area contributed by atoms with Crippen molar-refractivity contribution >= 4 is 39.1 Å². The van der Waals surface area contributed by atoms with Crippen molar-refractivity contribution in [2.75, 3.05) is 7.11 Å². The van der Waals surface area contributed by atoms with E-state index in [1.165, 1.54) is 16.0 Å². The van der Waals surface area contributed by atoms with E-state index < -0.39 is 0 Å². The van der Waals surface area contributed by atoms with E-state index in [1.54, 1.807) is 34.8 Å². The van der Waals surface area contributed by atoms with Crippen molar-refractivity contribution in [1.29, 1.82) is 0 Å². The van der Waals surface area contributed by atoms with E-state index in [1.807, 2.05) is 42.5 Å². The Balaban J connectivity index is 1.54. The lowest BCUT2D eigenvalue weighted by Gasteiger charge is -2.17. The lowest BCUT2D eigenvalue weighted by Crippen LogP contribution is -2.22. The Morgan fingerprint density at radius 1 is 1.12 bits per heavy atom. The Morgan fingerprint density at radius 3 is 2.68 bits per heavy atom. The third kappa shape index (κ3) is 3.52. The van der Waals surface area contributed by atoms with Gasteiger partial charge in [0.1, 0.15) is 10.6 Å². The molecule has 0 aliphatic heterocycles. The average molecular weight is 489 g/mol. The van der Waals surface area contributed by atoms with Gasteiger partial charge in [-0.15, -0.1) is 21.5 Å². The van der Waals surface area contributed by atoms with Crippen LogP contribution < -0.4 is 10.3 Å². The molecule has 1 atom stereocenters. The average Bonchev–Trinajstić information content (AvgIpc) is 3.45. The predicted octanol–water partition coefficient (Wildman–Crippen LogP) is 5.52. The molecule has 0 fully saturated rings. The van der Waals surface area contributed by atoms with Gasteiger partial charge in [0.05, 0.1) is 18.2 Å². The number of thiophene rings is 1. The molecule has 6 rings (SSSR count). The second-order valence-corrected chi connectivity index (χ2v) is 10.8. The summed E-state index contributed by atoms with van der Waals surface area (Å²) in [5, 5.41) is 10.7. The molecule has 34 heavy (non-hydrogen) atoms. The van der Waals surface area contributed by atoms with Crippen LogP contribution in [-0.2, 0) is 18.6 Å². The number of benzene rings is 2. The van der Waals surface area contributed by atoms with E-state index in [9.17, 15) is 4.79 Å². The molecule has 0 radical (unpaired) electrons. The molecule has 0 saturated heterocycles. The number of aryl methyl sites for hydroxylation is 1. The number of methoxy groups -OCH3 is 1. The summed E-state index contributed by atoms with van der Waals surface area (Å²) < 4.78 is 9.08. The molecule has 1 aliphatic carbocycles. The molecule has 0 amide bonds. The van der Waals surface area contributed by atoms with Crippen LogP contribution in [0.3, 0.4) is 0 Å². The van der Waals surface area contributed by atoms with Gasteiger partial charge in [-0.3, -0.25) is 4.79 Å². The van der Waals surface area contributed by atoms with Crippen molar-refractivity contribution in [3.63, 3.8) is 0 Å². The highest BCUT2D eigenvalue weighted by Crippen LogP contribution is 2.38. The van der Waals surface area contributed by atoms with Crippen LogP contribution in [0.5, 0.6) is 5.75 Å². The number of rotatable bonds is 5. The van der Waals surface area contributed by atoms with Gasteiger partial charge in [0.25, 0.3) is 5.56 Å². The zero-order valence-electron chi connectivity index (χ0n) is 19.0. The van der Waals surface area contributed by atoms with Crippen molar-refractivity contribution in [2.24, 2.45) is 5.92 Å². The minimum absolute atomic E-state index is 0.000132. The van der Waals surface area contributed by atoms with E-state index in [4.69, 9.17) is 4.74 Å². The van der Waals surface area contributed by atoms with Gasteiger partial charge in [0, 0.05) is 10.6 Å². The standard InChI is InChI=1S/C26H24N4O2S2/c1-16-8-13-20-21(14-16)34-24-22(20)23(31)29(18-6-4-3-5-7-18)25-27-28-26(30(24)25)33-15-17-9-11-19(32-2)12-10-17/h3-7,9-12,16H,8,13-15H2,1-2H3. The molecule has 1 unspecified atom stereocenters. The van der Waals surface area contributed by atoms with Crippen LogP contribution >= 0.6 is 23.1 Å². The summed E-state index contributed by atoms with van der Waals surface area (Å²) in [6, 6.07) is 17.8. The predicted molar refractivity (Wildman–Crippen MR) is 138 cm³/mol. The van der Waals surface area contributed by atoms with E-state index in [-0.39, 0.29) is 5.56 Å². The summed E-state index contributed by atoms with van der Waals surface area (Å²) in [6.45, 7) is 2.29. The number of nitrogens with zero attached hydrogens (tertiary/aromatic N) is 4. The molecule has 0 saturated carbocycles. The molecule has 1 aliphatic rings. The fourth-order valence-corrected chi connectivity index (χ4v) is 7.12. The maximum Gasteiger partial charge on any atom is 0.268 e. The maximum atomic E-state index is 13.9. The Hall–Kier alpha value is -3.10. The molecule has 6 nitrogen and oxygen atoms in total. The lowest BCUT2D eigenvalue weighted by atomic mass is 9.89. The SMILES string of the molecule is COc1ccc(CSc2nnc3n(-c4ccccc4)c(=O)c4c5c(sc4n23)CC(C)CC5)cc1. The van der Waals surface area contributed by atoms with Crippen molar-refractivity contribution in [3.05, 3.63) is 81.0 Å². The first-order chi connectivity index (χ1) is 16.6. The van der Waals surface area contributed by atoms with Gasteiger partial charge < -0.3 is 4.74 Å². The third-order valence-corrected chi connectivity index (χ3v) is 8.71. The fraction of sp³-hybridized carbons (Fsp3) is 0.269. The molecule has 0 bridgehead atoms. The Kier molecular flexibility index (Phi) is 5.42. The monoisotopic (exact) mass is 488 g/mol. The van der Waals surface area contributed by atoms with Crippen molar-refractivity contribution < 1.29 is 4.74 Å². The van der Waals surface area contributed by atoms with Crippen LogP contribution in [0.15, 0.2) is 64.5 Å². The maximum absolute atomic E-state index is 13.9. The number of para-hydroxylation sites is 1. The number of hydrogen-bond donors (Lipinski definition) is 0. The highest BCUT2D eigenvalue weighted by atomic mass is 32.2. The van der Waals surface area contributed by atoms with Gasteiger partial charge in [-0.25, -0.2) is 8.97 Å². The van der Waals surface area contributed by atoms with Gasteiger partial charge >= 0.3 is 0 Å². The number of thioether (sulfide) groups is 1. The minimum atomic E-state index is -0.000132. The largest absolute Gasteiger partial charge is 0.497 e. The second-order valence-electron chi connectivity index (χ2n) is 8.76. The highest BCUT2D eigenvalue weighted by molar-refractivity contribution is 7.98. The topological polar surface area (TPSA) is 61.4 Å². The van der Waals surface area contributed by atoms with E-state index >= 15 is 0 Å². The minimum Gasteiger partial charge on any atom is -0.497 e. The van der Waals surface area contributed by atoms with Crippen LogP contribution in [0, 0.1) is 5.92 Å². The molecule has 3 heterocycles. The van der Waals surface area contributed by atoms with Gasteiger partial charge in [0.15, 0.2) is 5.16 Å². The van der Waals surface area contributed by atoms with Crippen LogP contribution in [-0.4, -0.2) is 26.3 Å². The smallest absolute Gasteiger partial charge is 0.268 e. The Labute approximate surface area is 205 Å². The van der Waals surface area contributed by atoms with Crippen molar-refractivity contribution in [3.8, 4) is 11.4 Å². The quantitative estimate of drug-likeness (QED) is 0.305. The molecule has 5 aromatic rings. The van der Waals surface area contributed by atoms with E-state index in [0.29, 0.717) is 11.7 Å². The summed E-state index contributed by atoms with van der Waals surface area (Å²) in [4.78, 5) is 16.2.